The average Bonchev–Trinajstić information content (AvgIpc) is 3.41. The summed E-state index contributed by atoms with van der Waals surface area (Å²) in [7, 11) is 1.20. The standard InChI is InChI=1S/C69H133N2O7P/c1-7-10-13-16-19-22-25-28-30-31-32-33-34-35-36-37-38-39-41-44-47-50-53-56-59-62-69(73)78-67(60-57-54-51-48-45-42-27-24-21-18-15-12-9-3)66(65-77-79(74,75)76-64-63-71(4,5)6)70-68(72)61-58-55-52-49-46-43-40-29-26-23-20-17-14-11-8-2/h23,26,28,30,57,60,66-67H,7-22,24-25,27,29,31-56,58-59,61-65H2,1-6H3,(H-,70,72,74,75)/b26-23-,30-28+,60-57-. The average molecular weight is 1130 g/mol. The predicted molar refractivity (Wildman–Crippen MR) is 340 cm³/mol. The van der Waals surface area contributed by atoms with Crippen LogP contribution in [0.3, 0.4) is 0 Å². The number of carbonyl (C=O) groups excluding carboxylic acids is 2. The summed E-state index contributed by atoms with van der Waals surface area (Å²) >= 11 is 0. The number of hydrogen-bond donors (Lipinski definition) is 1. The van der Waals surface area contributed by atoms with Gasteiger partial charge in [0.25, 0.3) is 7.82 Å². The van der Waals surface area contributed by atoms with Gasteiger partial charge in [0.1, 0.15) is 19.3 Å². The number of hydrogen-bond acceptors (Lipinski definition) is 7. The Labute approximate surface area is 491 Å². The molecule has 1 N–H and O–H groups in total. The van der Waals surface area contributed by atoms with Crippen molar-refractivity contribution in [2.45, 2.75) is 354 Å². The van der Waals surface area contributed by atoms with Gasteiger partial charge in [-0.15, -0.1) is 0 Å². The first-order valence-corrected chi connectivity index (χ1v) is 35.8. The summed E-state index contributed by atoms with van der Waals surface area (Å²) in [5.74, 6) is -0.530. The van der Waals surface area contributed by atoms with Crippen molar-refractivity contribution in [3.63, 3.8) is 0 Å². The van der Waals surface area contributed by atoms with Crippen LogP contribution in [0.15, 0.2) is 36.5 Å². The Balaban J connectivity index is 5.07. The Morgan fingerprint density at radius 3 is 1.09 bits per heavy atom. The fourth-order valence-corrected chi connectivity index (χ4v) is 10.9. The summed E-state index contributed by atoms with van der Waals surface area (Å²) in [6, 6.07) is -0.887. The van der Waals surface area contributed by atoms with E-state index in [1.807, 2.05) is 33.3 Å². The van der Waals surface area contributed by atoms with Crippen LogP contribution in [-0.2, 0) is 27.9 Å². The number of esters is 1. The Hall–Kier alpha value is -1.77. The van der Waals surface area contributed by atoms with E-state index in [4.69, 9.17) is 13.8 Å². The van der Waals surface area contributed by atoms with Crippen LogP contribution in [0.1, 0.15) is 342 Å². The molecule has 466 valence electrons. The number of nitrogens with one attached hydrogen (secondary N) is 1. The van der Waals surface area contributed by atoms with Crippen LogP contribution in [0.4, 0.5) is 0 Å². The van der Waals surface area contributed by atoms with Crippen molar-refractivity contribution in [2.75, 3.05) is 40.9 Å². The molecule has 0 aliphatic carbocycles. The minimum atomic E-state index is -4.70. The van der Waals surface area contributed by atoms with Crippen LogP contribution < -0.4 is 10.2 Å². The molecule has 0 saturated carbocycles. The second-order valence-electron chi connectivity index (χ2n) is 24.7. The lowest BCUT2D eigenvalue weighted by molar-refractivity contribution is -0.870. The number of unbranched alkanes of at least 4 members (excludes halogenated alkanes) is 43. The van der Waals surface area contributed by atoms with Gasteiger partial charge in [0.05, 0.1) is 33.8 Å². The van der Waals surface area contributed by atoms with Gasteiger partial charge in [-0.3, -0.25) is 14.2 Å². The third-order valence-corrected chi connectivity index (χ3v) is 16.5. The lowest BCUT2D eigenvalue weighted by Crippen LogP contribution is -2.47. The van der Waals surface area contributed by atoms with Crippen molar-refractivity contribution < 1.29 is 37.3 Å². The summed E-state index contributed by atoms with van der Waals surface area (Å²) in [6.45, 7) is 6.87. The largest absolute Gasteiger partial charge is 0.756 e. The molecule has 0 rings (SSSR count). The molecule has 9 nitrogen and oxygen atoms in total. The van der Waals surface area contributed by atoms with Gasteiger partial charge in [0.15, 0.2) is 0 Å². The summed E-state index contributed by atoms with van der Waals surface area (Å²) in [5.41, 5.74) is 0. The first-order chi connectivity index (χ1) is 38.4. The first-order valence-electron chi connectivity index (χ1n) is 34.3. The maximum Gasteiger partial charge on any atom is 0.306 e. The number of allylic oxidation sites excluding steroid dienone is 5. The number of quaternary nitrogens is 1. The van der Waals surface area contributed by atoms with Gasteiger partial charge in [-0.1, -0.05) is 282 Å². The Morgan fingerprint density at radius 2 is 0.734 bits per heavy atom. The number of phosphoric ester groups is 1. The van der Waals surface area contributed by atoms with Crippen LogP contribution in [0, 0.1) is 0 Å². The molecule has 0 aromatic carbocycles. The highest BCUT2D eigenvalue weighted by atomic mass is 31.2. The van der Waals surface area contributed by atoms with E-state index in [2.05, 4.69) is 50.4 Å². The van der Waals surface area contributed by atoms with Crippen molar-refractivity contribution in [3.8, 4) is 0 Å². The monoisotopic (exact) mass is 1130 g/mol. The molecule has 0 fully saturated rings. The zero-order valence-corrected chi connectivity index (χ0v) is 54.2. The van der Waals surface area contributed by atoms with Gasteiger partial charge < -0.3 is 28.5 Å². The number of likely N-dealkylation sites (N-methyl/N-ethyl adjacent to an activating group) is 1. The number of carbonyl (C=O) groups is 2. The van der Waals surface area contributed by atoms with Gasteiger partial charge in [0.2, 0.25) is 5.91 Å². The molecule has 0 aromatic rings. The second kappa shape index (κ2) is 59.4. The molecular weight excluding hydrogens is 1000 g/mol. The van der Waals surface area contributed by atoms with Gasteiger partial charge in [-0.25, -0.2) is 0 Å². The van der Waals surface area contributed by atoms with Gasteiger partial charge >= 0.3 is 5.97 Å². The van der Waals surface area contributed by atoms with Crippen molar-refractivity contribution in [1.29, 1.82) is 0 Å². The Morgan fingerprint density at radius 1 is 0.430 bits per heavy atom. The Bertz CT molecular complexity index is 1450. The maximum absolute atomic E-state index is 13.5. The van der Waals surface area contributed by atoms with E-state index in [9.17, 15) is 19.0 Å². The molecule has 0 saturated heterocycles. The number of amides is 1. The smallest absolute Gasteiger partial charge is 0.306 e. The topological polar surface area (TPSA) is 114 Å². The lowest BCUT2D eigenvalue weighted by Gasteiger charge is -2.30. The molecule has 79 heavy (non-hydrogen) atoms. The van der Waals surface area contributed by atoms with E-state index in [0.717, 1.165) is 70.6 Å². The van der Waals surface area contributed by atoms with Crippen molar-refractivity contribution in [1.82, 2.24) is 5.32 Å². The highest BCUT2D eigenvalue weighted by Gasteiger charge is 2.27. The van der Waals surface area contributed by atoms with E-state index in [1.54, 1.807) is 0 Å². The van der Waals surface area contributed by atoms with Gasteiger partial charge in [0, 0.05) is 12.8 Å². The number of rotatable bonds is 63. The van der Waals surface area contributed by atoms with E-state index in [0.29, 0.717) is 17.4 Å². The summed E-state index contributed by atoms with van der Waals surface area (Å²) in [4.78, 5) is 40.1. The molecule has 3 unspecified atom stereocenters. The van der Waals surface area contributed by atoms with Crippen LogP contribution in [0.5, 0.6) is 0 Å². The molecule has 0 bridgehead atoms. The van der Waals surface area contributed by atoms with Crippen molar-refractivity contribution >= 4 is 19.7 Å². The van der Waals surface area contributed by atoms with Gasteiger partial charge in [-0.05, 0) is 83.1 Å². The molecular formula is C69H133N2O7P. The number of phosphoric acid groups is 1. The maximum atomic E-state index is 13.5. The highest BCUT2D eigenvalue weighted by molar-refractivity contribution is 7.45. The molecule has 0 heterocycles. The second-order valence-corrected chi connectivity index (χ2v) is 26.1. The number of ether oxygens (including phenoxy) is 1. The minimum absolute atomic E-state index is 0.0207. The van der Waals surface area contributed by atoms with E-state index in [-0.39, 0.29) is 31.5 Å². The predicted octanol–water partition coefficient (Wildman–Crippen LogP) is 20.8. The first kappa shape index (κ1) is 77.2. The zero-order valence-electron chi connectivity index (χ0n) is 53.3. The molecule has 10 heteroatoms. The lowest BCUT2D eigenvalue weighted by atomic mass is 10.0. The van der Waals surface area contributed by atoms with Gasteiger partial charge in [-0.2, -0.15) is 0 Å². The van der Waals surface area contributed by atoms with E-state index >= 15 is 0 Å². The van der Waals surface area contributed by atoms with Crippen molar-refractivity contribution in [3.05, 3.63) is 36.5 Å². The molecule has 0 aliphatic heterocycles. The fraction of sp³-hybridized carbons (Fsp3) is 0.884. The minimum Gasteiger partial charge on any atom is -0.756 e. The summed E-state index contributed by atoms with van der Waals surface area (Å²) < 4.78 is 30.4. The molecule has 0 radical (unpaired) electrons. The highest BCUT2D eigenvalue weighted by Crippen LogP contribution is 2.38. The van der Waals surface area contributed by atoms with E-state index < -0.39 is 20.0 Å². The molecule has 0 spiro atoms. The third kappa shape index (κ3) is 60.6. The quantitative estimate of drug-likeness (QED) is 0.0212. The third-order valence-electron chi connectivity index (χ3n) is 15.5. The zero-order chi connectivity index (χ0) is 57.9. The Kier molecular flexibility index (Phi) is 58.1. The summed E-state index contributed by atoms with van der Waals surface area (Å²) in [6.07, 6.45) is 72.6. The van der Waals surface area contributed by atoms with Crippen molar-refractivity contribution in [2.24, 2.45) is 0 Å². The summed E-state index contributed by atoms with van der Waals surface area (Å²) in [5, 5.41) is 3.04. The number of nitrogens with zero attached hydrogens (tertiary/aromatic N) is 1. The molecule has 0 aromatic heterocycles. The molecule has 0 aliphatic rings. The van der Waals surface area contributed by atoms with E-state index in [1.165, 1.54) is 238 Å². The van der Waals surface area contributed by atoms with Crippen LogP contribution >= 0.6 is 7.82 Å². The SMILES string of the molecule is CCCCCC/C=C\CCCCCCCCCC(=O)NC(COP(=O)([O-])OCC[N+](C)(C)C)C(/C=C\CCCCCCCCCCCCC)OC(=O)CCCCCCCCCCCCCCCCC/C=C/CCCCCCCC. The van der Waals surface area contributed by atoms with Crippen LogP contribution in [0.25, 0.3) is 0 Å². The van der Waals surface area contributed by atoms with Crippen LogP contribution in [-0.4, -0.2) is 69.4 Å². The molecule has 1 amide bonds. The molecule has 3 atom stereocenters. The normalized spacial score (nSPS) is 13.8. The van der Waals surface area contributed by atoms with Crippen LogP contribution in [0.2, 0.25) is 0 Å². The fourth-order valence-electron chi connectivity index (χ4n) is 10.2.